The number of nitrogens with two attached hydrogens (primary N) is 2. The largest absolute Gasteiger partial charge is 0.573 e. The zero-order valence-corrected chi connectivity index (χ0v) is 13.8. The summed E-state index contributed by atoms with van der Waals surface area (Å²) in [6.45, 7) is -0.112. The van der Waals surface area contributed by atoms with E-state index in [-0.39, 0.29) is 24.5 Å². The van der Waals surface area contributed by atoms with Gasteiger partial charge in [0.25, 0.3) is 0 Å². The van der Waals surface area contributed by atoms with E-state index < -0.39 is 42.6 Å². The quantitative estimate of drug-likeness (QED) is 0.414. The maximum atomic E-state index is 13.0. The van der Waals surface area contributed by atoms with Gasteiger partial charge in [0.1, 0.15) is 11.6 Å². The van der Waals surface area contributed by atoms with E-state index in [1.54, 1.807) is 0 Å². The second kappa shape index (κ2) is 7.53. The van der Waals surface area contributed by atoms with Crippen LogP contribution in [0.15, 0.2) is 29.3 Å². The Bertz CT molecular complexity index is 700. The van der Waals surface area contributed by atoms with Gasteiger partial charge in [-0.3, -0.25) is 5.41 Å². The number of nitrogens with one attached hydrogen (secondary N) is 1. The number of benzene rings is 1. The van der Waals surface area contributed by atoms with Gasteiger partial charge in [-0.25, -0.2) is 4.99 Å². The Morgan fingerprint density at radius 2 is 1.70 bits per heavy atom. The monoisotopic (exact) mass is 397 g/mol. The fourth-order valence-corrected chi connectivity index (χ4v) is 2.78. The molecule has 1 saturated heterocycles. The first-order valence-electron chi connectivity index (χ1n) is 7.74. The van der Waals surface area contributed by atoms with Crippen LogP contribution in [-0.4, -0.2) is 41.8 Å². The molecule has 0 bridgehead atoms. The summed E-state index contributed by atoms with van der Waals surface area (Å²) < 4.78 is 79.2. The number of piperidine rings is 1. The number of halogens is 6. The number of amidine groups is 1. The van der Waals surface area contributed by atoms with Crippen LogP contribution in [0, 0.1) is 11.3 Å². The van der Waals surface area contributed by atoms with Crippen LogP contribution in [0.4, 0.5) is 32.0 Å². The molecule has 1 heterocycles. The number of ether oxygens (including phenoxy) is 1. The molecular weight excluding hydrogens is 380 g/mol. The Morgan fingerprint density at radius 3 is 2.19 bits per heavy atom. The summed E-state index contributed by atoms with van der Waals surface area (Å²) in [6.07, 6.45) is -9.91. The molecule has 150 valence electrons. The van der Waals surface area contributed by atoms with Gasteiger partial charge in [-0.1, -0.05) is 0 Å². The smallest absolute Gasteiger partial charge is 0.406 e. The SMILES string of the molecule is N=C(N)N1CCC(C(F)(F)F)CC1C(N)=Nc1ccc(OC(F)(F)F)cc1. The fourth-order valence-electron chi connectivity index (χ4n) is 2.78. The van der Waals surface area contributed by atoms with Crippen LogP contribution < -0.4 is 16.2 Å². The number of nitrogens with zero attached hydrogens (tertiary/aromatic N) is 2. The molecule has 0 amide bonds. The first kappa shape index (κ1) is 20.6. The van der Waals surface area contributed by atoms with Crippen molar-refractivity contribution in [1.82, 2.24) is 4.90 Å². The van der Waals surface area contributed by atoms with Gasteiger partial charge >= 0.3 is 12.5 Å². The van der Waals surface area contributed by atoms with Crippen molar-refractivity contribution in [3.8, 4) is 5.75 Å². The maximum absolute atomic E-state index is 13.0. The minimum absolute atomic E-state index is 0.112. The first-order valence-corrected chi connectivity index (χ1v) is 7.74. The Labute approximate surface area is 150 Å². The summed E-state index contributed by atoms with van der Waals surface area (Å²) in [4.78, 5) is 5.18. The van der Waals surface area contributed by atoms with Crippen molar-refractivity contribution in [3.05, 3.63) is 24.3 Å². The molecule has 0 radical (unpaired) electrons. The highest BCUT2D eigenvalue weighted by Crippen LogP contribution is 2.36. The van der Waals surface area contributed by atoms with E-state index in [1.165, 1.54) is 17.0 Å². The highest BCUT2D eigenvalue weighted by atomic mass is 19.4. The number of aliphatic imine (C=N–C) groups is 1. The molecule has 2 atom stereocenters. The number of likely N-dealkylation sites (tertiary alicyclic amines) is 1. The average molecular weight is 397 g/mol. The molecule has 1 aliphatic heterocycles. The molecular formula is C15H17F6N5O. The van der Waals surface area contributed by atoms with E-state index in [1.807, 2.05) is 0 Å². The Morgan fingerprint density at radius 1 is 1.11 bits per heavy atom. The van der Waals surface area contributed by atoms with Crippen LogP contribution in [0.2, 0.25) is 0 Å². The van der Waals surface area contributed by atoms with Crippen molar-refractivity contribution in [2.75, 3.05) is 6.54 Å². The topological polar surface area (TPSA) is 101 Å². The summed E-state index contributed by atoms with van der Waals surface area (Å²) in [5.41, 5.74) is 11.4. The highest BCUT2D eigenvalue weighted by molar-refractivity contribution is 5.92. The minimum Gasteiger partial charge on any atom is -0.406 e. The van der Waals surface area contributed by atoms with E-state index in [0.717, 1.165) is 12.1 Å². The van der Waals surface area contributed by atoms with Gasteiger partial charge in [-0.05, 0) is 37.1 Å². The number of hydrogen-bond acceptors (Lipinski definition) is 3. The molecule has 2 rings (SSSR count). The average Bonchev–Trinajstić information content (AvgIpc) is 2.53. The van der Waals surface area contributed by atoms with Crippen molar-refractivity contribution < 1.29 is 31.1 Å². The molecule has 0 saturated carbocycles. The van der Waals surface area contributed by atoms with Gasteiger partial charge in [-0.2, -0.15) is 13.2 Å². The third-order valence-electron chi connectivity index (χ3n) is 4.04. The van der Waals surface area contributed by atoms with Crippen molar-refractivity contribution in [3.63, 3.8) is 0 Å². The van der Waals surface area contributed by atoms with E-state index in [2.05, 4.69) is 9.73 Å². The zero-order chi connectivity index (χ0) is 20.4. The number of guanidine groups is 1. The minimum atomic E-state index is -4.85. The molecule has 1 fully saturated rings. The second-order valence-electron chi connectivity index (χ2n) is 5.94. The summed E-state index contributed by atoms with van der Waals surface area (Å²) in [5.74, 6) is -2.74. The van der Waals surface area contributed by atoms with E-state index in [0.29, 0.717) is 0 Å². The second-order valence-corrected chi connectivity index (χ2v) is 5.94. The zero-order valence-electron chi connectivity index (χ0n) is 13.8. The predicted molar refractivity (Wildman–Crippen MR) is 85.6 cm³/mol. The molecule has 5 N–H and O–H groups in total. The summed E-state index contributed by atoms with van der Waals surface area (Å²) in [6, 6.07) is 3.31. The van der Waals surface area contributed by atoms with Crippen molar-refractivity contribution in [2.24, 2.45) is 22.4 Å². The number of hydrogen-bond donors (Lipinski definition) is 3. The Hall–Kier alpha value is -2.66. The Kier molecular flexibility index (Phi) is 5.76. The molecule has 1 aliphatic rings. The van der Waals surface area contributed by atoms with Crippen molar-refractivity contribution >= 4 is 17.5 Å². The van der Waals surface area contributed by atoms with Gasteiger partial charge < -0.3 is 21.1 Å². The third kappa shape index (κ3) is 5.66. The number of alkyl halides is 6. The molecule has 1 aromatic rings. The fraction of sp³-hybridized carbons (Fsp3) is 0.467. The van der Waals surface area contributed by atoms with E-state index in [9.17, 15) is 26.3 Å². The van der Waals surface area contributed by atoms with Gasteiger partial charge in [0.05, 0.1) is 17.6 Å². The van der Waals surface area contributed by atoms with Crippen LogP contribution in [0.3, 0.4) is 0 Å². The summed E-state index contributed by atoms with van der Waals surface area (Å²) in [7, 11) is 0. The van der Waals surface area contributed by atoms with Crippen LogP contribution in [0.1, 0.15) is 12.8 Å². The van der Waals surface area contributed by atoms with E-state index >= 15 is 0 Å². The summed E-state index contributed by atoms with van der Waals surface area (Å²) in [5, 5.41) is 7.51. The molecule has 2 unspecified atom stereocenters. The van der Waals surface area contributed by atoms with Gasteiger partial charge in [-0.15, -0.1) is 13.2 Å². The maximum Gasteiger partial charge on any atom is 0.573 e. The number of rotatable bonds is 3. The van der Waals surface area contributed by atoms with E-state index in [4.69, 9.17) is 16.9 Å². The van der Waals surface area contributed by atoms with Crippen molar-refractivity contribution in [1.29, 1.82) is 5.41 Å². The van der Waals surface area contributed by atoms with Crippen LogP contribution in [-0.2, 0) is 0 Å². The first-order chi connectivity index (χ1) is 12.4. The molecule has 0 spiro atoms. The molecule has 27 heavy (non-hydrogen) atoms. The predicted octanol–water partition coefficient (Wildman–Crippen LogP) is 3.11. The molecule has 0 aromatic heterocycles. The van der Waals surface area contributed by atoms with Crippen LogP contribution in [0.25, 0.3) is 0 Å². The third-order valence-corrected chi connectivity index (χ3v) is 4.04. The lowest BCUT2D eigenvalue weighted by molar-refractivity contribution is -0.274. The van der Waals surface area contributed by atoms with Gasteiger partial charge in [0.15, 0.2) is 5.96 Å². The van der Waals surface area contributed by atoms with Gasteiger partial charge in [0, 0.05) is 6.54 Å². The normalized spacial score (nSPS) is 21.9. The molecule has 12 heteroatoms. The molecule has 6 nitrogen and oxygen atoms in total. The molecule has 0 aliphatic carbocycles. The lowest BCUT2D eigenvalue weighted by Crippen LogP contribution is -2.56. The van der Waals surface area contributed by atoms with Crippen molar-refractivity contribution in [2.45, 2.75) is 31.4 Å². The highest BCUT2D eigenvalue weighted by Gasteiger charge is 2.45. The molecule has 1 aromatic carbocycles. The summed E-state index contributed by atoms with van der Waals surface area (Å²) >= 11 is 0. The Balaban J connectivity index is 2.21. The van der Waals surface area contributed by atoms with Crippen LogP contribution >= 0.6 is 0 Å². The lowest BCUT2D eigenvalue weighted by Gasteiger charge is -2.39. The van der Waals surface area contributed by atoms with Crippen LogP contribution in [0.5, 0.6) is 5.75 Å². The standard InChI is InChI=1S/C15H17F6N5O/c16-14(17,18)8-5-6-26(13(23)24)11(7-8)12(22)25-9-1-3-10(4-2-9)27-15(19,20)21/h1-4,8,11H,5-7H2,(H2,22,25)(H3,23,24). The van der Waals surface area contributed by atoms with Gasteiger partial charge in [0.2, 0.25) is 0 Å². The lowest BCUT2D eigenvalue weighted by atomic mass is 9.90.